The lowest BCUT2D eigenvalue weighted by Crippen LogP contribution is -2.40. The third-order valence-corrected chi connectivity index (χ3v) is 3.87. The van der Waals surface area contributed by atoms with Gasteiger partial charge in [0.1, 0.15) is 11.3 Å². The van der Waals surface area contributed by atoms with Gasteiger partial charge in [-0.1, -0.05) is 6.92 Å². The van der Waals surface area contributed by atoms with Crippen LogP contribution in [0.25, 0.3) is 11.4 Å². The Labute approximate surface area is 168 Å². The van der Waals surface area contributed by atoms with Crippen LogP contribution in [0, 0.1) is 0 Å². The van der Waals surface area contributed by atoms with E-state index in [-0.39, 0.29) is 17.7 Å². The van der Waals surface area contributed by atoms with Gasteiger partial charge in [0.05, 0.1) is 5.69 Å². The molecule has 0 aromatic carbocycles. The van der Waals surface area contributed by atoms with Crippen molar-refractivity contribution < 1.29 is 19.4 Å². The Morgan fingerprint density at radius 3 is 2.57 bits per heavy atom. The molecule has 9 nitrogen and oxygen atoms in total. The molecule has 10 heteroatoms. The molecule has 0 saturated carbocycles. The van der Waals surface area contributed by atoms with Crippen molar-refractivity contribution in [3.63, 3.8) is 0 Å². The molecule has 0 bridgehead atoms. The van der Waals surface area contributed by atoms with E-state index in [0.717, 1.165) is 0 Å². The zero-order chi connectivity index (χ0) is 21.1. The first-order chi connectivity index (χ1) is 13.0. The summed E-state index contributed by atoms with van der Waals surface area (Å²) in [5.41, 5.74) is 0.906. The van der Waals surface area contributed by atoms with Crippen molar-refractivity contribution >= 4 is 23.7 Å². The Bertz CT molecular complexity index is 875. The number of aromatic nitrogens is 4. The van der Waals surface area contributed by atoms with Gasteiger partial charge in [-0.25, -0.2) is 24.5 Å². The Kier molecular flexibility index (Phi) is 6.60. The van der Waals surface area contributed by atoms with E-state index in [0.29, 0.717) is 23.5 Å². The van der Waals surface area contributed by atoms with E-state index in [1.165, 1.54) is 6.20 Å². The molecule has 152 valence electrons. The Hall–Kier alpha value is -2.68. The van der Waals surface area contributed by atoms with Gasteiger partial charge >= 0.3 is 12.1 Å². The fourth-order valence-electron chi connectivity index (χ4n) is 2.70. The number of carboxylic acid groups (broad SMARTS) is 1. The number of aromatic carboxylic acids is 1. The second kappa shape index (κ2) is 8.55. The minimum Gasteiger partial charge on any atom is -0.475 e. The number of hydrogen-bond acceptors (Lipinski definition) is 6. The van der Waals surface area contributed by atoms with Gasteiger partial charge in [0, 0.05) is 24.5 Å². The molecule has 2 rings (SSSR count). The average Bonchev–Trinajstić information content (AvgIpc) is 2.91. The summed E-state index contributed by atoms with van der Waals surface area (Å²) >= 11 is 5.86. The normalized spacial score (nSPS) is 12.5. The number of rotatable bonds is 6. The number of amides is 1. The zero-order valence-corrected chi connectivity index (χ0v) is 17.2. The van der Waals surface area contributed by atoms with Crippen LogP contribution in [-0.2, 0) is 17.7 Å². The summed E-state index contributed by atoms with van der Waals surface area (Å²) in [5.74, 6) is -1.31. The lowest BCUT2D eigenvalue weighted by Gasteiger charge is -2.22. The summed E-state index contributed by atoms with van der Waals surface area (Å²) in [6.07, 6.45) is 1.42. The summed E-state index contributed by atoms with van der Waals surface area (Å²) in [6.45, 7) is 9.15. The molecule has 1 atom stereocenters. The Morgan fingerprint density at radius 1 is 1.36 bits per heavy atom. The summed E-state index contributed by atoms with van der Waals surface area (Å²) in [5, 5.41) is 12.4. The molecule has 1 amide bonds. The highest BCUT2D eigenvalue weighted by atomic mass is 35.5. The maximum Gasteiger partial charge on any atom is 0.407 e. The number of nitrogens with zero attached hydrogens (tertiary/aromatic N) is 4. The summed E-state index contributed by atoms with van der Waals surface area (Å²) in [6, 6.07) is 1.22. The Balaban J connectivity index is 2.35. The van der Waals surface area contributed by atoms with Gasteiger partial charge in [0.2, 0.25) is 11.1 Å². The number of halogens is 1. The van der Waals surface area contributed by atoms with Crippen LogP contribution in [0.5, 0.6) is 0 Å². The van der Waals surface area contributed by atoms with E-state index in [1.54, 1.807) is 38.3 Å². The molecular weight excluding hydrogens is 386 g/mol. The lowest BCUT2D eigenvalue weighted by atomic mass is 10.2. The molecule has 1 unspecified atom stereocenters. The second-order valence-corrected chi connectivity index (χ2v) is 7.60. The van der Waals surface area contributed by atoms with Crippen molar-refractivity contribution in [1.82, 2.24) is 24.8 Å². The monoisotopic (exact) mass is 409 g/mol. The topological polar surface area (TPSA) is 119 Å². The van der Waals surface area contributed by atoms with E-state index < -0.39 is 23.7 Å². The molecule has 2 heterocycles. The third kappa shape index (κ3) is 5.41. The SMILES string of the molecule is CCc1c(-c2ccnc(Cl)n2)nc(C(=O)O)n1CC(C)NC(=O)OC(C)(C)C. The average molecular weight is 410 g/mol. The molecule has 0 aliphatic rings. The van der Waals surface area contributed by atoms with Gasteiger partial charge < -0.3 is 19.7 Å². The van der Waals surface area contributed by atoms with Crippen molar-refractivity contribution in [2.24, 2.45) is 0 Å². The number of carbonyl (C=O) groups excluding carboxylic acids is 1. The number of hydrogen-bond donors (Lipinski definition) is 2. The second-order valence-electron chi connectivity index (χ2n) is 7.26. The van der Waals surface area contributed by atoms with Crippen LogP contribution in [0.4, 0.5) is 4.79 Å². The molecule has 0 fully saturated rings. The predicted octanol–water partition coefficient (Wildman–Crippen LogP) is 3.17. The van der Waals surface area contributed by atoms with E-state index in [2.05, 4.69) is 20.3 Å². The third-order valence-electron chi connectivity index (χ3n) is 3.69. The lowest BCUT2D eigenvalue weighted by molar-refractivity contribution is 0.0504. The van der Waals surface area contributed by atoms with Crippen molar-refractivity contribution in [1.29, 1.82) is 0 Å². The number of imidazole rings is 1. The van der Waals surface area contributed by atoms with Crippen LogP contribution in [0.1, 0.15) is 50.9 Å². The quantitative estimate of drug-likeness (QED) is 0.703. The molecular formula is C18H24ClN5O4. The first-order valence-electron chi connectivity index (χ1n) is 8.83. The van der Waals surface area contributed by atoms with E-state index in [1.807, 2.05) is 6.92 Å². The van der Waals surface area contributed by atoms with Gasteiger partial charge in [-0.05, 0) is 51.8 Å². The van der Waals surface area contributed by atoms with Crippen LogP contribution in [0.15, 0.2) is 12.3 Å². The van der Waals surface area contributed by atoms with E-state index in [4.69, 9.17) is 16.3 Å². The molecule has 0 spiro atoms. The van der Waals surface area contributed by atoms with Gasteiger partial charge in [-0.2, -0.15) is 0 Å². The van der Waals surface area contributed by atoms with Gasteiger partial charge in [-0.15, -0.1) is 0 Å². The van der Waals surface area contributed by atoms with Gasteiger partial charge in [0.15, 0.2) is 0 Å². The standard InChI is InChI=1S/C18H24ClN5O4/c1-6-12-13(11-7-8-20-16(19)22-11)23-14(15(25)26)24(12)9-10(2)21-17(27)28-18(3,4)5/h7-8,10H,6,9H2,1-5H3,(H,21,27)(H,25,26). The number of carboxylic acids is 1. The summed E-state index contributed by atoms with van der Waals surface area (Å²) < 4.78 is 6.81. The van der Waals surface area contributed by atoms with Crippen LogP contribution >= 0.6 is 11.6 Å². The van der Waals surface area contributed by atoms with Crippen LogP contribution in [0.3, 0.4) is 0 Å². The first kappa shape index (κ1) is 21.6. The highest BCUT2D eigenvalue weighted by Crippen LogP contribution is 2.24. The molecule has 28 heavy (non-hydrogen) atoms. The van der Waals surface area contributed by atoms with Gasteiger partial charge in [-0.3, -0.25) is 0 Å². The van der Waals surface area contributed by atoms with Crippen molar-refractivity contribution in [2.45, 2.75) is 59.2 Å². The molecule has 0 radical (unpaired) electrons. The number of alkyl carbamates (subject to hydrolysis) is 1. The van der Waals surface area contributed by atoms with Crippen LogP contribution < -0.4 is 5.32 Å². The minimum atomic E-state index is -1.18. The van der Waals surface area contributed by atoms with Crippen molar-refractivity contribution in [3.05, 3.63) is 29.1 Å². The Morgan fingerprint density at radius 2 is 2.04 bits per heavy atom. The van der Waals surface area contributed by atoms with Gasteiger partial charge in [0.25, 0.3) is 0 Å². The molecule has 0 aliphatic heterocycles. The molecule has 2 aromatic rings. The molecule has 2 aromatic heterocycles. The highest BCUT2D eigenvalue weighted by molar-refractivity contribution is 6.28. The minimum absolute atomic E-state index is 0.0472. The molecule has 2 N–H and O–H groups in total. The van der Waals surface area contributed by atoms with Crippen molar-refractivity contribution in [2.75, 3.05) is 0 Å². The molecule has 0 aliphatic carbocycles. The number of carbonyl (C=O) groups is 2. The maximum atomic E-state index is 12.0. The fourth-order valence-corrected chi connectivity index (χ4v) is 2.85. The zero-order valence-electron chi connectivity index (χ0n) is 16.5. The smallest absolute Gasteiger partial charge is 0.407 e. The number of ether oxygens (including phenoxy) is 1. The summed E-state index contributed by atoms with van der Waals surface area (Å²) in [7, 11) is 0. The fraction of sp³-hybridized carbons (Fsp3) is 0.500. The number of nitrogens with one attached hydrogen (secondary N) is 1. The highest BCUT2D eigenvalue weighted by Gasteiger charge is 2.25. The largest absolute Gasteiger partial charge is 0.475 e. The first-order valence-corrected chi connectivity index (χ1v) is 9.20. The van der Waals surface area contributed by atoms with Crippen LogP contribution in [0.2, 0.25) is 5.28 Å². The van der Waals surface area contributed by atoms with Crippen molar-refractivity contribution in [3.8, 4) is 11.4 Å². The van der Waals surface area contributed by atoms with E-state index in [9.17, 15) is 14.7 Å². The summed E-state index contributed by atoms with van der Waals surface area (Å²) in [4.78, 5) is 36.0. The van der Waals surface area contributed by atoms with Crippen LogP contribution in [-0.4, -0.2) is 48.3 Å². The van der Waals surface area contributed by atoms with E-state index >= 15 is 0 Å². The maximum absolute atomic E-state index is 12.0. The predicted molar refractivity (Wildman–Crippen MR) is 103 cm³/mol. The molecule has 0 saturated heterocycles.